The van der Waals surface area contributed by atoms with Gasteiger partial charge in [-0.2, -0.15) is 0 Å². The molecule has 30 heavy (non-hydrogen) atoms. The maximum atomic E-state index is 14.3. The Morgan fingerprint density at radius 3 is 2.60 bits per heavy atom. The van der Waals surface area contributed by atoms with Gasteiger partial charge in [-0.05, 0) is 53.0 Å². The molecule has 3 aromatic rings. The van der Waals surface area contributed by atoms with Gasteiger partial charge >= 0.3 is 0 Å². The quantitative estimate of drug-likeness (QED) is 0.562. The Morgan fingerprint density at radius 1 is 1.17 bits per heavy atom. The number of benzene rings is 1. The monoisotopic (exact) mass is 479 g/mol. The van der Waals surface area contributed by atoms with Crippen molar-refractivity contribution in [1.82, 2.24) is 20.2 Å². The molecule has 0 bridgehead atoms. The zero-order valence-electron chi connectivity index (χ0n) is 15.9. The number of ether oxygens (including phenoxy) is 1. The highest BCUT2D eigenvalue weighted by Crippen LogP contribution is 2.45. The van der Waals surface area contributed by atoms with Gasteiger partial charge in [-0.3, -0.25) is 4.98 Å². The molecule has 6 nitrogen and oxygen atoms in total. The molecular weight excluding hydrogens is 463 g/mol. The van der Waals surface area contributed by atoms with E-state index in [1.807, 2.05) is 0 Å². The maximum Gasteiger partial charge on any atom is 0.242 e. The molecule has 2 heterocycles. The molecule has 0 amide bonds. The minimum absolute atomic E-state index is 0.129. The lowest BCUT2D eigenvalue weighted by molar-refractivity contribution is 0.0963. The summed E-state index contributed by atoms with van der Waals surface area (Å²) in [5.74, 6) is -0.566. The van der Waals surface area contributed by atoms with E-state index in [9.17, 15) is 13.2 Å². The van der Waals surface area contributed by atoms with Gasteiger partial charge in [0.2, 0.25) is 5.95 Å². The minimum atomic E-state index is -1.01. The largest absolute Gasteiger partial charge is 0.495 e. The number of alkyl halides is 1. The number of nitrogens with zero attached hydrogens (tertiary/aromatic N) is 4. The van der Waals surface area contributed by atoms with E-state index >= 15 is 0 Å². The van der Waals surface area contributed by atoms with Gasteiger partial charge in [0.1, 0.15) is 29.2 Å². The number of anilines is 1. The third kappa shape index (κ3) is 3.71. The molecule has 1 fully saturated rings. The summed E-state index contributed by atoms with van der Waals surface area (Å²) in [5, 5.41) is 11.0. The van der Waals surface area contributed by atoms with Crippen LogP contribution in [0.1, 0.15) is 18.5 Å². The van der Waals surface area contributed by atoms with Crippen LogP contribution in [-0.4, -0.2) is 40.0 Å². The summed E-state index contributed by atoms with van der Waals surface area (Å²) in [5.41, 5.74) is -0.248. The Balaban J connectivity index is 1.55. The van der Waals surface area contributed by atoms with E-state index in [0.29, 0.717) is 4.47 Å². The Labute approximate surface area is 179 Å². The van der Waals surface area contributed by atoms with Crippen LogP contribution in [0.15, 0.2) is 41.1 Å². The highest BCUT2D eigenvalue weighted by Gasteiger charge is 2.48. The van der Waals surface area contributed by atoms with E-state index in [2.05, 4.69) is 41.4 Å². The third-order valence-corrected chi connectivity index (χ3v) is 5.78. The average Bonchev–Trinajstić information content (AvgIpc) is 2.72. The molecule has 156 valence electrons. The molecule has 0 aliphatic heterocycles. The minimum Gasteiger partial charge on any atom is -0.495 e. The molecule has 1 aliphatic carbocycles. The summed E-state index contributed by atoms with van der Waals surface area (Å²) in [4.78, 5) is 8.28. The smallest absolute Gasteiger partial charge is 0.242 e. The van der Waals surface area contributed by atoms with Crippen molar-refractivity contribution < 1.29 is 17.9 Å². The second-order valence-corrected chi connectivity index (χ2v) is 7.93. The first-order valence-corrected chi connectivity index (χ1v) is 9.94. The zero-order valence-corrected chi connectivity index (χ0v) is 17.5. The van der Waals surface area contributed by atoms with E-state index in [1.54, 1.807) is 0 Å². The van der Waals surface area contributed by atoms with Crippen LogP contribution in [-0.2, 0) is 5.41 Å². The van der Waals surface area contributed by atoms with Crippen molar-refractivity contribution in [3.8, 4) is 17.0 Å². The van der Waals surface area contributed by atoms with Crippen LogP contribution in [0.25, 0.3) is 11.3 Å². The maximum absolute atomic E-state index is 14.3. The van der Waals surface area contributed by atoms with Crippen LogP contribution in [0.4, 0.5) is 19.1 Å². The van der Waals surface area contributed by atoms with Crippen molar-refractivity contribution >= 4 is 21.9 Å². The Hall–Kier alpha value is -2.75. The van der Waals surface area contributed by atoms with Gasteiger partial charge in [0.05, 0.1) is 29.0 Å². The molecule has 0 saturated heterocycles. The summed E-state index contributed by atoms with van der Waals surface area (Å²) in [6.07, 6.45) is 2.13. The van der Waals surface area contributed by atoms with E-state index < -0.39 is 23.2 Å². The van der Waals surface area contributed by atoms with Crippen LogP contribution >= 0.6 is 15.9 Å². The van der Waals surface area contributed by atoms with Crippen LogP contribution in [0.3, 0.4) is 0 Å². The lowest BCUT2D eigenvalue weighted by Crippen LogP contribution is -2.49. The fraction of sp³-hybridized carbons (Fsp3) is 0.300. The van der Waals surface area contributed by atoms with Crippen molar-refractivity contribution in [3.05, 3.63) is 58.5 Å². The Bertz CT molecular complexity index is 1060. The summed E-state index contributed by atoms with van der Waals surface area (Å²) >= 11 is 3.31. The number of hydrogen-bond acceptors (Lipinski definition) is 6. The number of halogens is 4. The van der Waals surface area contributed by atoms with Gasteiger partial charge in [0.25, 0.3) is 0 Å². The zero-order chi connectivity index (χ0) is 21.3. The fourth-order valence-corrected chi connectivity index (χ4v) is 4.17. The summed E-state index contributed by atoms with van der Waals surface area (Å²) in [7, 11) is 1.42. The SMILES string of the molecule is COc1c(Br)ccc(F)c1-c1cnc(NC[C@]2(c3ncccc3F)C[C@@H](F)C2)nn1. The highest BCUT2D eigenvalue weighted by atomic mass is 79.9. The normalized spacial score (nSPS) is 20.5. The van der Waals surface area contributed by atoms with Gasteiger partial charge in [-0.1, -0.05) is 0 Å². The van der Waals surface area contributed by atoms with Gasteiger partial charge in [-0.25, -0.2) is 18.2 Å². The molecule has 1 N–H and O–H groups in total. The molecule has 1 aromatic carbocycles. The summed E-state index contributed by atoms with van der Waals surface area (Å²) in [6, 6.07) is 5.61. The van der Waals surface area contributed by atoms with E-state index in [0.717, 1.165) is 0 Å². The van der Waals surface area contributed by atoms with Crippen molar-refractivity contribution in [2.45, 2.75) is 24.4 Å². The van der Waals surface area contributed by atoms with Gasteiger partial charge in [-0.15, -0.1) is 10.2 Å². The standard InChI is InChI=1S/C20H17BrF3N5O/c1-30-17-12(21)4-5-13(23)16(17)15-9-26-19(29-28-15)27-10-20(7-11(22)8-20)18-14(24)3-2-6-25-18/h2-6,9,11H,7-8,10H2,1H3,(H,26,27,29)/t11-,20+. The van der Waals surface area contributed by atoms with E-state index in [4.69, 9.17) is 4.74 Å². The molecule has 0 atom stereocenters. The first kappa shape index (κ1) is 20.5. The second-order valence-electron chi connectivity index (χ2n) is 7.08. The van der Waals surface area contributed by atoms with Gasteiger partial charge < -0.3 is 10.1 Å². The number of pyridine rings is 1. The van der Waals surface area contributed by atoms with Crippen LogP contribution in [0, 0.1) is 11.6 Å². The number of hydrogen-bond donors (Lipinski definition) is 1. The van der Waals surface area contributed by atoms with Crippen LogP contribution < -0.4 is 10.1 Å². The number of aromatic nitrogens is 4. The number of rotatable bonds is 6. The van der Waals surface area contributed by atoms with Crippen molar-refractivity contribution in [1.29, 1.82) is 0 Å². The lowest BCUT2D eigenvalue weighted by atomic mass is 9.65. The van der Waals surface area contributed by atoms with E-state index in [1.165, 1.54) is 43.8 Å². The molecule has 1 aliphatic rings. The molecule has 4 rings (SSSR count). The topological polar surface area (TPSA) is 72.8 Å². The first-order chi connectivity index (χ1) is 14.4. The summed E-state index contributed by atoms with van der Waals surface area (Å²) < 4.78 is 48.0. The molecule has 0 spiro atoms. The first-order valence-electron chi connectivity index (χ1n) is 9.14. The Morgan fingerprint density at radius 2 is 1.97 bits per heavy atom. The molecule has 2 aromatic heterocycles. The fourth-order valence-electron chi connectivity index (χ4n) is 3.68. The van der Waals surface area contributed by atoms with Crippen LogP contribution in [0.2, 0.25) is 0 Å². The van der Waals surface area contributed by atoms with Gasteiger partial charge in [0, 0.05) is 18.2 Å². The Kier molecular flexibility index (Phi) is 5.59. The average molecular weight is 480 g/mol. The van der Waals surface area contributed by atoms with Gasteiger partial charge in [0.15, 0.2) is 0 Å². The highest BCUT2D eigenvalue weighted by molar-refractivity contribution is 9.10. The lowest BCUT2D eigenvalue weighted by Gasteiger charge is -2.43. The van der Waals surface area contributed by atoms with E-state index in [-0.39, 0.29) is 48.0 Å². The molecule has 0 unspecified atom stereocenters. The summed E-state index contributed by atoms with van der Waals surface area (Å²) in [6.45, 7) is 0.191. The van der Waals surface area contributed by atoms with Crippen molar-refractivity contribution in [2.75, 3.05) is 19.0 Å². The molecule has 10 heteroatoms. The third-order valence-electron chi connectivity index (χ3n) is 5.15. The predicted molar refractivity (Wildman–Crippen MR) is 108 cm³/mol. The molecule has 0 radical (unpaired) electrons. The van der Waals surface area contributed by atoms with Crippen molar-refractivity contribution in [3.63, 3.8) is 0 Å². The van der Waals surface area contributed by atoms with Crippen LogP contribution in [0.5, 0.6) is 5.75 Å². The molecular formula is C20H17BrF3N5O. The number of methoxy groups -OCH3 is 1. The number of nitrogens with one attached hydrogen (secondary N) is 1. The van der Waals surface area contributed by atoms with Crippen molar-refractivity contribution in [2.24, 2.45) is 0 Å². The predicted octanol–water partition coefficient (Wildman–Crippen LogP) is 4.46. The second kappa shape index (κ2) is 8.17. The molecule has 1 saturated carbocycles.